The van der Waals surface area contributed by atoms with Gasteiger partial charge in [0, 0.05) is 25.2 Å². The van der Waals surface area contributed by atoms with E-state index in [9.17, 15) is 4.79 Å². The van der Waals surface area contributed by atoms with Crippen LogP contribution in [0.2, 0.25) is 0 Å². The van der Waals surface area contributed by atoms with Gasteiger partial charge in [-0.2, -0.15) is 0 Å². The Morgan fingerprint density at radius 1 is 1.36 bits per heavy atom. The molecule has 1 fully saturated rings. The molecule has 0 aromatic carbocycles. The van der Waals surface area contributed by atoms with Gasteiger partial charge in [0.25, 0.3) is 0 Å². The van der Waals surface area contributed by atoms with E-state index in [1.807, 2.05) is 0 Å². The maximum atomic E-state index is 11.2. The second-order valence-corrected chi connectivity index (χ2v) is 4.17. The highest BCUT2D eigenvalue weighted by Gasteiger charge is 2.28. The van der Waals surface area contributed by atoms with Crippen LogP contribution in [0.5, 0.6) is 0 Å². The van der Waals surface area contributed by atoms with Crippen LogP contribution in [0.4, 0.5) is 0 Å². The number of nitrogens with zero attached hydrogens (tertiary/aromatic N) is 2. The standard InChI is InChI=1S/C10H20N2O2/c1-8-5-11(3)6-9(2)12(8)7-10(13)14-4/h8-9H,5-7H2,1-4H3. The Hall–Kier alpha value is -0.610. The molecule has 2 atom stereocenters. The molecule has 1 aliphatic rings. The summed E-state index contributed by atoms with van der Waals surface area (Å²) in [6.07, 6.45) is 0. The summed E-state index contributed by atoms with van der Waals surface area (Å²) in [6, 6.07) is 0.839. The minimum absolute atomic E-state index is 0.145. The van der Waals surface area contributed by atoms with Gasteiger partial charge in [-0.15, -0.1) is 0 Å². The Labute approximate surface area is 85.8 Å². The van der Waals surface area contributed by atoms with Crippen molar-refractivity contribution in [1.82, 2.24) is 9.80 Å². The topological polar surface area (TPSA) is 32.8 Å². The first-order valence-corrected chi connectivity index (χ1v) is 5.05. The van der Waals surface area contributed by atoms with E-state index in [0.717, 1.165) is 13.1 Å². The lowest BCUT2D eigenvalue weighted by atomic mass is 10.1. The molecule has 0 bridgehead atoms. The normalized spacial score (nSPS) is 30.3. The number of hydrogen-bond acceptors (Lipinski definition) is 4. The van der Waals surface area contributed by atoms with Gasteiger partial charge in [0.15, 0.2) is 0 Å². The van der Waals surface area contributed by atoms with Gasteiger partial charge >= 0.3 is 5.97 Å². The van der Waals surface area contributed by atoms with Gasteiger partial charge < -0.3 is 9.64 Å². The van der Waals surface area contributed by atoms with Crippen LogP contribution in [0.15, 0.2) is 0 Å². The number of rotatable bonds is 2. The molecule has 0 N–H and O–H groups in total. The fourth-order valence-corrected chi connectivity index (χ4v) is 2.15. The number of ether oxygens (including phenoxy) is 1. The summed E-state index contributed by atoms with van der Waals surface area (Å²) in [5.41, 5.74) is 0. The van der Waals surface area contributed by atoms with Gasteiger partial charge in [0.2, 0.25) is 0 Å². The fourth-order valence-electron chi connectivity index (χ4n) is 2.15. The van der Waals surface area contributed by atoms with Gasteiger partial charge in [0.05, 0.1) is 13.7 Å². The molecule has 0 spiro atoms. The monoisotopic (exact) mass is 200 g/mol. The zero-order valence-electron chi connectivity index (χ0n) is 9.49. The van der Waals surface area contributed by atoms with Crippen molar-refractivity contribution in [1.29, 1.82) is 0 Å². The fraction of sp³-hybridized carbons (Fsp3) is 0.900. The summed E-state index contributed by atoms with van der Waals surface area (Å²) in [5, 5.41) is 0. The summed E-state index contributed by atoms with van der Waals surface area (Å²) in [4.78, 5) is 15.7. The summed E-state index contributed by atoms with van der Waals surface area (Å²) in [7, 11) is 3.55. The van der Waals surface area contributed by atoms with Crippen molar-refractivity contribution in [3.63, 3.8) is 0 Å². The quantitative estimate of drug-likeness (QED) is 0.595. The average Bonchev–Trinajstić information content (AvgIpc) is 2.10. The molecule has 2 unspecified atom stereocenters. The third-order valence-electron chi connectivity index (χ3n) is 2.82. The van der Waals surface area contributed by atoms with Crippen molar-refractivity contribution in [3.8, 4) is 0 Å². The summed E-state index contributed by atoms with van der Waals surface area (Å²) >= 11 is 0. The SMILES string of the molecule is COC(=O)CN1C(C)CN(C)CC1C. The van der Waals surface area contributed by atoms with Crippen molar-refractivity contribution in [2.45, 2.75) is 25.9 Å². The van der Waals surface area contributed by atoms with E-state index in [-0.39, 0.29) is 5.97 Å². The summed E-state index contributed by atoms with van der Waals surface area (Å²) < 4.78 is 4.68. The van der Waals surface area contributed by atoms with Gasteiger partial charge in [-0.3, -0.25) is 9.69 Å². The second kappa shape index (κ2) is 4.75. The number of likely N-dealkylation sites (N-methyl/N-ethyl adjacent to an activating group) is 1. The molecular weight excluding hydrogens is 180 g/mol. The minimum atomic E-state index is -0.145. The maximum Gasteiger partial charge on any atom is 0.319 e. The van der Waals surface area contributed by atoms with E-state index in [1.54, 1.807) is 0 Å². The van der Waals surface area contributed by atoms with E-state index in [2.05, 4.69) is 35.4 Å². The molecule has 0 amide bonds. The molecule has 1 aliphatic heterocycles. The van der Waals surface area contributed by atoms with E-state index in [1.165, 1.54) is 7.11 Å². The highest BCUT2D eigenvalue weighted by atomic mass is 16.5. The molecule has 0 aliphatic carbocycles. The number of hydrogen-bond donors (Lipinski definition) is 0. The number of carbonyl (C=O) groups is 1. The van der Waals surface area contributed by atoms with E-state index in [0.29, 0.717) is 18.6 Å². The molecule has 1 saturated heterocycles. The van der Waals surface area contributed by atoms with Gasteiger partial charge in [-0.25, -0.2) is 0 Å². The van der Waals surface area contributed by atoms with Gasteiger partial charge in [0.1, 0.15) is 0 Å². The lowest BCUT2D eigenvalue weighted by Crippen LogP contribution is -2.56. The summed E-state index contributed by atoms with van der Waals surface area (Å²) in [6.45, 7) is 6.74. The molecule has 4 nitrogen and oxygen atoms in total. The smallest absolute Gasteiger partial charge is 0.319 e. The van der Waals surface area contributed by atoms with Crippen LogP contribution in [-0.4, -0.2) is 61.6 Å². The van der Waals surface area contributed by atoms with Crippen LogP contribution < -0.4 is 0 Å². The van der Waals surface area contributed by atoms with Crippen LogP contribution in [0.25, 0.3) is 0 Å². The molecule has 1 rings (SSSR count). The van der Waals surface area contributed by atoms with Crippen LogP contribution in [0.1, 0.15) is 13.8 Å². The first kappa shape index (κ1) is 11.5. The molecule has 0 radical (unpaired) electrons. The third kappa shape index (κ3) is 2.69. The molecular formula is C10H20N2O2. The Morgan fingerprint density at radius 2 is 1.86 bits per heavy atom. The van der Waals surface area contributed by atoms with Gasteiger partial charge in [-0.05, 0) is 20.9 Å². The van der Waals surface area contributed by atoms with Crippen molar-refractivity contribution in [2.75, 3.05) is 33.8 Å². The number of carbonyl (C=O) groups excluding carboxylic acids is 1. The molecule has 1 heterocycles. The minimum Gasteiger partial charge on any atom is -0.468 e. The zero-order chi connectivity index (χ0) is 10.7. The first-order chi connectivity index (χ1) is 6.54. The largest absolute Gasteiger partial charge is 0.468 e. The lowest BCUT2D eigenvalue weighted by Gasteiger charge is -2.42. The molecule has 0 aromatic rings. The number of esters is 1. The Balaban J connectivity index is 2.53. The molecule has 82 valence electrons. The average molecular weight is 200 g/mol. The Bertz CT molecular complexity index is 196. The van der Waals surface area contributed by atoms with Crippen molar-refractivity contribution < 1.29 is 9.53 Å². The third-order valence-corrected chi connectivity index (χ3v) is 2.82. The zero-order valence-corrected chi connectivity index (χ0v) is 9.49. The van der Waals surface area contributed by atoms with Crippen LogP contribution >= 0.6 is 0 Å². The summed E-state index contributed by atoms with van der Waals surface area (Å²) in [5.74, 6) is -0.145. The molecule has 0 saturated carbocycles. The second-order valence-electron chi connectivity index (χ2n) is 4.17. The highest BCUT2D eigenvalue weighted by molar-refractivity contribution is 5.71. The first-order valence-electron chi connectivity index (χ1n) is 5.05. The van der Waals surface area contributed by atoms with Crippen LogP contribution in [-0.2, 0) is 9.53 Å². The molecule has 0 aromatic heterocycles. The van der Waals surface area contributed by atoms with Crippen LogP contribution in [0, 0.1) is 0 Å². The lowest BCUT2D eigenvalue weighted by molar-refractivity contribution is -0.144. The van der Waals surface area contributed by atoms with Crippen molar-refractivity contribution in [2.24, 2.45) is 0 Å². The Morgan fingerprint density at radius 3 is 2.29 bits per heavy atom. The number of piperazine rings is 1. The predicted octanol–water partition coefficient (Wildman–Crippen LogP) is 0.184. The van der Waals surface area contributed by atoms with Crippen molar-refractivity contribution in [3.05, 3.63) is 0 Å². The van der Waals surface area contributed by atoms with Crippen molar-refractivity contribution >= 4 is 5.97 Å². The number of methoxy groups -OCH3 is 1. The van der Waals surface area contributed by atoms with E-state index >= 15 is 0 Å². The molecule has 4 heteroatoms. The Kier molecular flexibility index (Phi) is 3.89. The predicted molar refractivity (Wildman–Crippen MR) is 55.1 cm³/mol. The highest BCUT2D eigenvalue weighted by Crippen LogP contribution is 2.13. The van der Waals surface area contributed by atoms with E-state index in [4.69, 9.17) is 0 Å². The van der Waals surface area contributed by atoms with Gasteiger partial charge in [-0.1, -0.05) is 0 Å². The molecule has 14 heavy (non-hydrogen) atoms. The van der Waals surface area contributed by atoms with E-state index < -0.39 is 0 Å². The maximum absolute atomic E-state index is 11.2. The van der Waals surface area contributed by atoms with Crippen LogP contribution in [0.3, 0.4) is 0 Å².